The zero-order valence-corrected chi connectivity index (χ0v) is 9.90. The van der Waals surface area contributed by atoms with E-state index in [1.54, 1.807) is 13.2 Å². The van der Waals surface area contributed by atoms with Gasteiger partial charge < -0.3 is 15.4 Å². The number of nitrogens with one attached hydrogen (secondary N) is 1. The van der Waals surface area contributed by atoms with E-state index in [0.29, 0.717) is 12.4 Å². The monoisotopic (exact) mass is 222 g/mol. The molecule has 0 amide bonds. The molecule has 1 atom stereocenters. The molecule has 1 aromatic heterocycles. The number of pyridine rings is 1. The molecule has 1 aromatic rings. The number of ether oxygens (including phenoxy) is 1. The molecule has 0 aliphatic carbocycles. The first-order valence-electron chi connectivity index (χ1n) is 5.10. The molecule has 5 heteroatoms. The molecule has 1 heterocycles. The quantitative estimate of drug-likeness (QED) is 0.578. The summed E-state index contributed by atoms with van der Waals surface area (Å²) in [5, 5.41) is 7.34. The molecule has 0 spiro atoms. The Bertz CT molecular complexity index is 367. The number of anilines is 1. The standard InChI is InChI=1S/C11H18N4O/c1-8(11(12)13)7-15(2)9-5-4-6-10(14-9)16-3/h4-6,8H,7H2,1-3H3,(H3,12,13). The molecule has 5 nitrogen and oxygen atoms in total. The van der Waals surface area contributed by atoms with Gasteiger partial charge in [-0.05, 0) is 6.07 Å². The Labute approximate surface area is 95.7 Å². The van der Waals surface area contributed by atoms with E-state index in [1.165, 1.54) is 0 Å². The predicted molar refractivity (Wildman–Crippen MR) is 65.1 cm³/mol. The van der Waals surface area contributed by atoms with Crippen LogP contribution in [0, 0.1) is 11.3 Å². The summed E-state index contributed by atoms with van der Waals surface area (Å²) >= 11 is 0. The van der Waals surface area contributed by atoms with E-state index in [9.17, 15) is 0 Å². The second-order valence-corrected chi connectivity index (χ2v) is 3.78. The minimum absolute atomic E-state index is 0.0120. The number of methoxy groups -OCH3 is 1. The van der Waals surface area contributed by atoms with Crippen LogP contribution < -0.4 is 15.4 Å². The van der Waals surface area contributed by atoms with E-state index in [1.807, 2.05) is 31.0 Å². The molecule has 0 aliphatic heterocycles. The van der Waals surface area contributed by atoms with Crippen LogP contribution >= 0.6 is 0 Å². The molecule has 0 fully saturated rings. The average Bonchev–Trinajstić information content (AvgIpc) is 2.28. The van der Waals surface area contributed by atoms with Gasteiger partial charge in [0.15, 0.2) is 0 Å². The minimum Gasteiger partial charge on any atom is -0.481 e. The van der Waals surface area contributed by atoms with E-state index < -0.39 is 0 Å². The van der Waals surface area contributed by atoms with Gasteiger partial charge >= 0.3 is 0 Å². The predicted octanol–water partition coefficient (Wildman–Crippen LogP) is 1.10. The molecular weight excluding hydrogens is 204 g/mol. The lowest BCUT2D eigenvalue weighted by molar-refractivity contribution is 0.398. The molecule has 0 bridgehead atoms. The summed E-state index contributed by atoms with van der Waals surface area (Å²) in [5.41, 5.74) is 5.43. The van der Waals surface area contributed by atoms with E-state index in [2.05, 4.69) is 4.98 Å². The summed E-state index contributed by atoms with van der Waals surface area (Å²) in [7, 11) is 3.51. The van der Waals surface area contributed by atoms with Crippen LogP contribution in [0.4, 0.5) is 5.82 Å². The third-order valence-corrected chi connectivity index (χ3v) is 2.39. The normalized spacial score (nSPS) is 11.9. The Morgan fingerprint density at radius 2 is 2.31 bits per heavy atom. The third-order valence-electron chi connectivity index (χ3n) is 2.39. The summed E-state index contributed by atoms with van der Waals surface area (Å²) < 4.78 is 5.05. The van der Waals surface area contributed by atoms with Gasteiger partial charge in [0.1, 0.15) is 5.82 Å². The van der Waals surface area contributed by atoms with Crippen LogP contribution in [-0.4, -0.2) is 31.5 Å². The molecule has 0 aliphatic rings. The van der Waals surface area contributed by atoms with Crippen LogP contribution in [-0.2, 0) is 0 Å². The van der Waals surface area contributed by atoms with E-state index in [4.69, 9.17) is 15.9 Å². The smallest absolute Gasteiger partial charge is 0.214 e. The third kappa shape index (κ3) is 3.12. The molecule has 16 heavy (non-hydrogen) atoms. The first kappa shape index (κ1) is 12.3. The molecular formula is C11H18N4O. The number of hydrogen-bond acceptors (Lipinski definition) is 4. The molecule has 3 N–H and O–H groups in total. The lowest BCUT2D eigenvalue weighted by atomic mass is 10.1. The van der Waals surface area contributed by atoms with Gasteiger partial charge in [0.05, 0.1) is 12.9 Å². The van der Waals surface area contributed by atoms with Crippen LogP contribution in [0.2, 0.25) is 0 Å². The lowest BCUT2D eigenvalue weighted by Crippen LogP contribution is -2.32. The zero-order valence-electron chi connectivity index (χ0n) is 9.90. The molecule has 0 aromatic carbocycles. The molecule has 1 rings (SSSR count). The van der Waals surface area contributed by atoms with Crippen LogP contribution in [0.15, 0.2) is 18.2 Å². The summed E-state index contributed by atoms with van der Waals surface area (Å²) in [5.74, 6) is 1.60. The van der Waals surface area contributed by atoms with Gasteiger partial charge in [-0.25, -0.2) is 0 Å². The van der Waals surface area contributed by atoms with Crippen molar-refractivity contribution in [2.75, 3.05) is 25.6 Å². The average molecular weight is 222 g/mol. The molecule has 1 unspecified atom stereocenters. The Balaban J connectivity index is 2.72. The highest BCUT2D eigenvalue weighted by Gasteiger charge is 2.10. The van der Waals surface area contributed by atoms with Crippen molar-refractivity contribution in [3.8, 4) is 5.88 Å². The Morgan fingerprint density at radius 3 is 2.88 bits per heavy atom. The number of rotatable bonds is 5. The van der Waals surface area contributed by atoms with Gasteiger partial charge in [-0.15, -0.1) is 0 Å². The van der Waals surface area contributed by atoms with Gasteiger partial charge in [-0.2, -0.15) is 4.98 Å². The van der Waals surface area contributed by atoms with Crippen molar-refractivity contribution in [2.45, 2.75) is 6.92 Å². The zero-order chi connectivity index (χ0) is 12.1. The fourth-order valence-corrected chi connectivity index (χ4v) is 1.33. The molecule has 0 radical (unpaired) electrons. The topological polar surface area (TPSA) is 75.2 Å². The van der Waals surface area contributed by atoms with Crippen molar-refractivity contribution in [3.63, 3.8) is 0 Å². The first-order valence-corrected chi connectivity index (χ1v) is 5.10. The van der Waals surface area contributed by atoms with Gasteiger partial charge in [0.25, 0.3) is 0 Å². The minimum atomic E-state index is 0.0120. The number of nitrogens with zero attached hydrogens (tertiary/aromatic N) is 2. The Hall–Kier alpha value is -1.78. The van der Waals surface area contributed by atoms with Crippen LogP contribution in [0.1, 0.15) is 6.92 Å². The Morgan fingerprint density at radius 1 is 1.62 bits per heavy atom. The maximum absolute atomic E-state index is 7.34. The molecule has 0 saturated carbocycles. The summed E-state index contributed by atoms with van der Waals surface area (Å²) in [6, 6.07) is 5.58. The number of amidine groups is 1. The summed E-state index contributed by atoms with van der Waals surface area (Å²) in [6.45, 7) is 2.58. The first-order chi connectivity index (χ1) is 7.54. The van der Waals surface area contributed by atoms with Crippen LogP contribution in [0.5, 0.6) is 5.88 Å². The fourth-order valence-electron chi connectivity index (χ4n) is 1.33. The van der Waals surface area contributed by atoms with Gasteiger partial charge in [0.2, 0.25) is 5.88 Å². The van der Waals surface area contributed by atoms with Crippen molar-refractivity contribution in [1.29, 1.82) is 5.41 Å². The van der Waals surface area contributed by atoms with Crippen molar-refractivity contribution in [3.05, 3.63) is 18.2 Å². The molecule has 0 saturated heterocycles. The van der Waals surface area contributed by atoms with Gasteiger partial charge in [-0.3, -0.25) is 5.41 Å². The maximum atomic E-state index is 7.34. The second kappa shape index (κ2) is 5.34. The van der Waals surface area contributed by atoms with Crippen molar-refractivity contribution < 1.29 is 4.74 Å². The van der Waals surface area contributed by atoms with Crippen molar-refractivity contribution in [1.82, 2.24) is 4.98 Å². The Kier molecular flexibility index (Phi) is 4.10. The van der Waals surface area contributed by atoms with Gasteiger partial charge in [-0.1, -0.05) is 13.0 Å². The van der Waals surface area contributed by atoms with Crippen LogP contribution in [0.3, 0.4) is 0 Å². The SMILES string of the molecule is COc1cccc(N(C)CC(C)C(=N)N)n1. The highest BCUT2D eigenvalue weighted by Crippen LogP contribution is 2.15. The fraction of sp³-hybridized carbons (Fsp3) is 0.455. The highest BCUT2D eigenvalue weighted by atomic mass is 16.5. The summed E-state index contributed by atoms with van der Waals surface area (Å²) in [6.07, 6.45) is 0. The second-order valence-electron chi connectivity index (χ2n) is 3.78. The number of hydrogen-bond donors (Lipinski definition) is 2. The van der Waals surface area contributed by atoms with Crippen LogP contribution in [0.25, 0.3) is 0 Å². The molecule has 88 valence electrons. The van der Waals surface area contributed by atoms with Gasteiger partial charge in [0, 0.05) is 25.6 Å². The lowest BCUT2D eigenvalue weighted by Gasteiger charge is -2.21. The van der Waals surface area contributed by atoms with Crippen molar-refractivity contribution >= 4 is 11.7 Å². The number of nitrogens with two attached hydrogens (primary N) is 1. The van der Waals surface area contributed by atoms with E-state index in [0.717, 1.165) is 5.82 Å². The van der Waals surface area contributed by atoms with E-state index >= 15 is 0 Å². The largest absolute Gasteiger partial charge is 0.481 e. The van der Waals surface area contributed by atoms with Crippen molar-refractivity contribution in [2.24, 2.45) is 11.7 Å². The van der Waals surface area contributed by atoms with E-state index in [-0.39, 0.29) is 11.8 Å². The maximum Gasteiger partial charge on any atom is 0.214 e. The highest BCUT2D eigenvalue weighted by molar-refractivity contribution is 5.79. The number of aromatic nitrogens is 1. The summed E-state index contributed by atoms with van der Waals surface area (Å²) in [4.78, 5) is 6.25.